The van der Waals surface area contributed by atoms with Gasteiger partial charge in [0.1, 0.15) is 0 Å². The smallest absolute Gasteiger partial charge is 0.251 e. The van der Waals surface area contributed by atoms with Crippen molar-refractivity contribution < 1.29 is 4.79 Å². The van der Waals surface area contributed by atoms with Crippen molar-refractivity contribution in [2.45, 2.75) is 44.0 Å². The van der Waals surface area contributed by atoms with E-state index in [2.05, 4.69) is 20.3 Å². The maximum atomic E-state index is 12.1. The molecule has 0 spiro atoms. The molecule has 0 aliphatic heterocycles. The topological polar surface area (TPSA) is 87.7 Å². The lowest BCUT2D eigenvalue weighted by Gasteiger charge is -2.11. The van der Waals surface area contributed by atoms with Gasteiger partial charge in [-0.2, -0.15) is 0 Å². The average Bonchev–Trinajstić information content (AvgIpc) is 2.87. The second-order valence-electron chi connectivity index (χ2n) is 5.23. The van der Waals surface area contributed by atoms with Crippen LogP contribution in [0.5, 0.6) is 0 Å². The van der Waals surface area contributed by atoms with Gasteiger partial charge in [0, 0.05) is 35.8 Å². The van der Waals surface area contributed by atoms with Gasteiger partial charge in [0.15, 0.2) is 5.16 Å². The van der Waals surface area contributed by atoms with Gasteiger partial charge in [-0.1, -0.05) is 11.8 Å². The first kappa shape index (κ1) is 17.7. The molecule has 0 unspecified atom stereocenters. The van der Waals surface area contributed by atoms with Crippen molar-refractivity contribution in [2.75, 3.05) is 6.54 Å². The van der Waals surface area contributed by atoms with Crippen LogP contribution in [0.25, 0.3) is 0 Å². The maximum absolute atomic E-state index is 12.1. The molecule has 6 nitrogen and oxygen atoms in total. The number of thioether (sulfide) groups is 1. The molecule has 2 aromatic rings. The summed E-state index contributed by atoms with van der Waals surface area (Å²) in [5.41, 5.74) is 1.48. The molecular weight excluding hydrogens is 332 g/mol. The van der Waals surface area contributed by atoms with E-state index in [1.54, 1.807) is 25.2 Å². The zero-order valence-corrected chi connectivity index (χ0v) is 15.0. The number of carbonyl (C=O) groups is 1. The van der Waals surface area contributed by atoms with Crippen molar-refractivity contribution in [1.82, 2.24) is 20.3 Å². The van der Waals surface area contributed by atoms with E-state index in [9.17, 15) is 9.59 Å². The number of aryl methyl sites for hydroxylation is 3. The van der Waals surface area contributed by atoms with Crippen molar-refractivity contribution in [2.24, 2.45) is 0 Å². The third-order valence-corrected chi connectivity index (χ3v) is 5.05. The van der Waals surface area contributed by atoms with Gasteiger partial charge in [-0.25, -0.2) is 9.97 Å². The molecule has 124 valence electrons. The molecule has 2 N–H and O–H groups in total. The molecule has 0 fully saturated rings. The van der Waals surface area contributed by atoms with E-state index in [4.69, 9.17) is 0 Å². The van der Waals surface area contributed by atoms with E-state index >= 15 is 0 Å². The van der Waals surface area contributed by atoms with Crippen LogP contribution in [0.1, 0.15) is 29.7 Å². The van der Waals surface area contributed by atoms with Crippen LogP contribution >= 0.6 is 23.1 Å². The first-order valence-corrected chi connectivity index (χ1v) is 9.13. The molecule has 23 heavy (non-hydrogen) atoms. The Labute approximate surface area is 143 Å². The van der Waals surface area contributed by atoms with Crippen LogP contribution in [0.2, 0.25) is 0 Å². The van der Waals surface area contributed by atoms with Crippen molar-refractivity contribution in [3.8, 4) is 0 Å². The van der Waals surface area contributed by atoms with Crippen LogP contribution in [0.15, 0.2) is 21.4 Å². The molecular formula is C15H20N4O2S2. The van der Waals surface area contributed by atoms with Gasteiger partial charge in [0.2, 0.25) is 5.91 Å². The summed E-state index contributed by atoms with van der Waals surface area (Å²) in [6, 6.07) is 1.43. The number of nitrogens with zero attached hydrogens (tertiary/aromatic N) is 2. The Balaban J connectivity index is 1.75. The lowest BCUT2D eigenvalue weighted by atomic mass is 10.3. The zero-order chi connectivity index (χ0) is 16.8. The van der Waals surface area contributed by atoms with Crippen molar-refractivity contribution in [1.29, 1.82) is 0 Å². The highest BCUT2D eigenvalue weighted by Gasteiger charge is 2.15. The number of H-pyrrole nitrogens is 1. The number of hydrogen-bond acceptors (Lipinski definition) is 6. The fourth-order valence-electron chi connectivity index (χ4n) is 1.94. The van der Waals surface area contributed by atoms with Gasteiger partial charge in [0.05, 0.1) is 10.3 Å². The van der Waals surface area contributed by atoms with Crippen molar-refractivity contribution in [3.63, 3.8) is 0 Å². The standard InChI is InChI=1S/C15H20N4O2S2/c1-9-7-12(20)19-15(18-9)23-11(3)14(21)16-6-4-5-13-17-10(2)8-22-13/h7-8,11H,4-6H2,1-3H3,(H,16,21)(H,18,19,20)/t11-/m1/s1. The molecule has 0 radical (unpaired) electrons. The summed E-state index contributed by atoms with van der Waals surface area (Å²) in [6.07, 6.45) is 1.72. The number of aromatic nitrogens is 3. The lowest BCUT2D eigenvalue weighted by molar-refractivity contribution is -0.120. The number of rotatable bonds is 7. The number of aromatic amines is 1. The highest BCUT2D eigenvalue weighted by molar-refractivity contribution is 8.00. The van der Waals surface area contributed by atoms with Crippen LogP contribution in [0, 0.1) is 13.8 Å². The fraction of sp³-hybridized carbons (Fsp3) is 0.467. The number of thiazole rings is 1. The maximum Gasteiger partial charge on any atom is 0.251 e. The van der Waals surface area contributed by atoms with E-state index in [-0.39, 0.29) is 16.7 Å². The summed E-state index contributed by atoms with van der Waals surface area (Å²) in [7, 11) is 0. The Morgan fingerprint density at radius 1 is 1.39 bits per heavy atom. The van der Waals surface area contributed by atoms with Gasteiger partial charge in [-0.15, -0.1) is 11.3 Å². The monoisotopic (exact) mass is 352 g/mol. The summed E-state index contributed by atoms with van der Waals surface area (Å²) < 4.78 is 0. The van der Waals surface area contributed by atoms with Crippen LogP contribution in [-0.4, -0.2) is 32.7 Å². The normalized spacial score (nSPS) is 12.1. The number of carbonyl (C=O) groups excluding carboxylic acids is 1. The Bertz CT molecular complexity index is 726. The van der Waals surface area contributed by atoms with Gasteiger partial charge in [0.25, 0.3) is 5.56 Å². The van der Waals surface area contributed by atoms with Gasteiger partial charge in [-0.3, -0.25) is 9.59 Å². The van der Waals surface area contributed by atoms with E-state index in [1.807, 2.05) is 12.3 Å². The lowest BCUT2D eigenvalue weighted by Crippen LogP contribution is -2.32. The molecule has 2 heterocycles. The number of amides is 1. The van der Waals surface area contributed by atoms with E-state index in [0.717, 1.165) is 23.5 Å². The predicted octanol–water partition coefficient (Wildman–Crippen LogP) is 2.07. The van der Waals surface area contributed by atoms with Crippen LogP contribution in [0.4, 0.5) is 0 Å². The Morgan fingerprint density at radius 2 is 2.17 bits per heavy atom. The number of hydrogen-bond donors (Lipinski definition) is 2. The molecule has 1 atom stereocenters. The molecule has 2 rings (SSSR count). The van der Waals surface area contributed by atoms with Crippen LogP contribution in [0.3, 0.4) is 0 Å². The molecule has 1 amide bonds. The zero-order valence-electron chi connectivity index (χ0n) is 13.4. The molecule has 0 aromatic carbocycles. The molecule has 0 saturated carbocycles. The third-order valence-electron chi connectivity index (χ3n) is 3.04. The Hall–Kier alpha value is -1.67. The minimum Gasteiger partial charge on any atom is -0.355 e. The van der Waals surface area contributed by atoms with Crippen molar-refractivity contribution in [3.05, 3.63) is 38.2 Å². The fourth-order valence-corrected chi connectivity index (χ4v) is 3.64. The quantitative estimate of drug-likeness (QED) is 0.452. The molecule has 8 heteroatoms. The van der Waals surface area contributed by atoms with Crippen LogP contribution < -0.4 is 10.9 Å². The Kier molecular flexibility index (Phi) is 6.35. The summed E-state index contributed by atoms with van der Waals surface area (Å²) in [6.45, 7) is 6.14. The summed E-state index contributed by atoms with van der Waals surface area (Å²) in [4.78, 5) is 34.7. The average molecular weight is 352 g/mol. The second kappa shape index (κ2) is 8.26. The van der Waals surface area contributed by atoms with E-state index in [1.165, 1.54) is 17.8 Å². The molecule has 0 saturated heterocycles. The SMILES string of the molecule is Cc1cc(=O)[nH]c(S[C@H](C)C(=O)NCCCc2nc(C)cs2)n1. The molecule has 0 bridgehead atoms. The van der Waals surface area contributed by atoms with E-state index < -0.39 is 0 Å². The van der Waals surface area contributed by atoms with E-state index in [0.29, 0.717) is 17.4 Å². The highest BCUT2D eigenvalue weighted by atomic mass is 32.2. The van der Waals surface area contributed by atoms with Gasteiger partial charge in [-0.05, 0) is 27.2 Å². The highest BCUT2D eigenvalue weighted by Crippen LogP contribution is 2.18. The summed E-state index contributed by atoms with van der Waals surface area (Å²) in [5, 5.41) is 6.19. The van der Waals surface area contributed by atoms with Gasteiger partial charge < -0.3 is 10.3 Å². The van der Waals surface area contributed by atoms with Gasteiger partial charge >= 0.3 is 0 Å². The first-order chi connectivity index (χ1) is 10.9. The summed E-state index contributed by atoms with van der Waals surface area (Å²) in [5.74, 6) is -0.0607. The largest absolute Gasteiger partial charge is 0.355 e. The minimum absolute atomic E-state index is 0.0607. The Morgan fingerprint density at radius 3 is 2.83 bits per heavy atom. The summed E-state index contributed by atoms with van der Waals surface area (Å²) >= 11 is 2.90. The number of nitrogens with one attached hydrogen (secondary N) is 2. The predicted molar refractivity (Wildman–Crippen MR) is 93.1 cm³/mol. The second-order valence-corrected chi connectivity index (χ2v) is 7.50. The first-order valence-electron chi connectivity index (χ1n) is 7.37. The van der Waals surface area contributed by atoms with Crippen molar-refractivity contribution >= 4 is 29.0 Å². The molecule has 2 aromatic heterocycles. The van der Waals surface area contributed by atoms with Crippen LogP contribution in [-0.2, 0) is 11.2 Å². The minimum atomic E-state index is -0.318. The molecule has 0 aliphatic carbocycles. The third kappa shape index (κ3) is 5.80. The molecule has 0 aliphatic rings.